The molecule has 0 fully saturated rings. The van der Waals surface area contributed by atoms with Gasteiger partial charge in [-0.2, -0.15) is 5.10 Å². The summed E-state index contributed by atoms with van der Waals surface area (Å²) in [6, 6.07) is 22.6. The van der Waals surface area contributed by atoms with Crippen molar-refractivity contribution in [3.63, 3.8) is 0 Å². The third-order valence-electron chi connectivity index (χ3n) is 7.15. The Labute approximate surface area is 221 Å². The van der Waals surface area contributed by atoms with Crippen LogP contribution in [0.4, 0.5) is 11.5 Å². The van der Waals surface area contributed by atoms with E-state index in [0.717, 1.165) is 41.2 Å². The zero-order valence-electron chi connectivity index (χ0n) is 21.7. The van der Waals surface area contributed by atoms with Crippen LogP contribution in [0.5, 0.6) is 0 Å². The first kappa shape index (κ1) is 23.9. The molecule has 1 aliphatic rings. The molecule has 0 radical (unpaired) electrons. The molecular weight excluding hydrogens is 476 g/mol. The minimum Gasteiger partial charge on any atom is -0.380 e. The molecule has 0 atom stereocenters. The molecule has 1 aliphatic heterocycles. The summed E-state index contributed by atoms with van der Waals surface area (Å²) in [6.45, 7) is 7.65. The van der Waals surface area contributed by atoms with Gasteiger partial charge in [0.15, 0.2) is 11.4 Å². The second-order valence-electron chi connectivity index (χ2n) is 10.0. The molecule has 192 valence electrons. The molecule has 38 heavy (non-hydrogen) atoms. The van der Waals surface area contributed by atoms with Gasteiger partial charge >= 0.3 is 0 Å². The first-order valence-corrected chi connectivity index (χ1v) is 12.9. The predicted octanol–water partition coefficient (Wildman–Crippen LogP) is 5.27. The number of fused-ring (bicyclic) bond motifs is 2. The van der Waals surface area contributed by atoms with E-state index in [1.54, 1.807) is 10.7 Å². The lowest BCUT2D eigenvalue weighted by Gasteiger charge is -2.28. The van der Waals surface area contributed by atoms with Crippen LogP contribution in [0.25, 0.3) is 27.8 Å². The number of nitrogens with zero attached hydrogens (tertiary/aromatic N) is 4. The molecule has 1 amide bonds. The topological polar surface area (TPSA) is 102 Å². The van der Waals surface area contributed by atoms with Gasteiger partial charge in [-0.15, -0.1) is 0 Å². The predicted molar refractivity (Wildman–Crippen MR) is 150 cm³/mol. The van der Waals surface area contributed by atoms with Crippen molar-refractivity contribution < 1.29 is 9.32 Å². The second kappa shape index (κ2) is 9.46. The fourth-order valence-electron chi connectivity index (χ4n) is 5.13. The molecule has 8 heteroatoms. The van der Waals surface area contributed by atoms with E-state index in [-0.39, 0.29) is 5.91 Å². The van der Waals surface area contributed by atoms with Crippen molar-refractivity contribution in [1.29, 1.82) is 0 Å². The third-order valence-corrected chi connectivity index (χ3v) is 7.15. The van der Waals surface area contributed by atoms with Crippen molar-refractivity contribution in [1.82, 2.24) is 20.3 Å². The van der Waals surface area contributed by atoms with Crippen LogP contribution < -0.4 is 16.0 Å². The average molecular weight is 507 g/mol. The monoisotopic (exact) mass is 506 g/mol. The number of nitrogens with one attached hydrogen (secondary N) is 1. The smallest absolute Gasteiger partial charge is 0.277 e. The molecule has 0 saturated heterocycles. The molecule has 0 aliphatic carbocycles. The van der Waals surface area contributed by atoms with E-state index >= 15 is 0 Å². The summed E-state index contributed by atoms with van der Waals surface area (Å²) in [5, 5.41) is 12.8. The molecular formula is C30H30N6O2. The maximum absolute atomic E-state index is 13.9. The molecule has 3 heterocycles. The number of aromatic nitrogens is 3. The number of rotatable bonds is 6. The lowest BCUT2D eigenvalue weighted by molar-refractivity contribution is 0.0973. The summed E-state index contributed by atoms with van der Waals surface area (Å²) in [5.74, 6) is 0.244. The Kier molecular flexibility index (Phi) is 5.96. The molecule has 3 N–H and O–H groups in total. The highest BCUT2D eigenvalue weighted by Crippen LogP contribution is 2.32. The third kappa shape index (κ3) is 4.13. The van der Waals surface area contributed by atoms with Crippen molar-refractivity contribution >= 4 is 28.4 Å². The van der Waals surface area contributed by atoms with E-state index in [0.29, 0.717) is 35.1 Å². The molecule has 0 unspecified atom stereocenters. The van der Waals surface area contributed by atoms with Crippen molar-refractivity contribution in [3.05, 3.63) is 89.2 Å². The quantitative estimate of drug-likeness (QED) is 0.325. The summed E-state index contributed by atoms with van der Waals surface area (Å²) in [6.07, 6.45) is 0.732. The van der Waals surface area contributed by atoms with Crippen LogP contribution in [-0.2, 0) is 13.0 Å². The number of aryl methyl sites for hydroxylation is 1. The van der Waals surface area contributed by atoms with E-state index < -0.39 is 0 Å². The first-order valence-electron chi connectivity index (χ1n) is 12.9. The van der Waals surface area contributed by atoms with Crippen molar-refractivity contribution in [2.75, 3.05) is 17.2 Å². The maximum Gasteiger partial charge on any atom is 0.277 e. The molecule has 0 spiro atoms. The number of hydrogen-bond donors (Lipinski definition) is 2. The Bertz CT molecular complexity index is 1650. The van der Waals surface area contributed by atoms with Crippen LogP contribution in [0.15, 0.2) is 71.3 Å². The fraction of sp³-hybridized carbons (Fsp3) is 0.233. The van der Waals surface area contributed by atoms with Crippen LogP contribution in [0.1, 0.15) is 41.2 Å². The van der Waals surface area contributed by atoms with Crippen LogP contribution in [0.2, 0.25) is 0 Å². The van der Waals surface area contributed by atoms with E-state index in [1.807, 2.05) is 36.1 Å². The van der Waals surface area contributed by atoms with Crippen LogP contribution in [-0.4, -0.2) is 33.4 Å². The molecule has 2 aromatic heterocycles. The molecule has 3 aromatic carbocycles. The number of carbonyl (C=O) groups is 1. The van der Waals surface area contributed by atoms with Crippen LogP contribution >= 0.6 is 0 Å². The highest BCUT2D eigenvalue weighted by molar-refractivity contribution is 6.07. The minimum absolute atomic E-state index is 0.0699. The Morgan fingerprint density at radius 1 is 1.05 bits per heavy atom. The highest BCUT2D eigenvalue weighted by Gasteiger charge is 2.32. The van der Waals surface area contributed by atoms with E-state index in [2.05, 4.69) is 60.7 Å². The Hall–Kier alpha value is -4.43. The average Bonchev–Trinajstić information content (AvgIpc) is 3.47. The first-order chi connectivity index (χ1) is 18.4. The maximum atomic E-state index is 13.9. The fourth-order valence-corrected chi connectivity index (χ4v) is 5.13. The van der Waals surface area contributed by atoms with Gasteiger partial charge in [0.25, 0.3) is 5.91 Å². The standard InChI is InChI=1S/C30H30N6O2/c1-18(2)32-17-21-6-4-5-7-25(21)20-8-10-22(11-9-20)35-15-14-24-19(3)33-36(28(24)30(35)37)23-12-13-27-26(16-23)29(31)34-38-27/h4-13,16,18,32H,14-15,17H2,1-3H3,(H2,31,34). The van der Waals surface area contributed by atoms with Gasteiger partial charge < -0.3 is 20.5 Å². The zero-order valence-corrected chi connectivity index (χ0v) is 21.7. The summed E-state index contributed by atoms with van der Waals surface area (Å²) < 4.78 is 6.96. The number of nitrogens with two attached hydrogens (primary N) is 1. The molecule has 0 bridgehead atoms. The van der Waals surface area contributed by atoms with Gasteiger partial charge in [0.1, 0.15) is 5.69 Å². The van der Waals surface area contributed by atoms with Gasteiger partial charge in [-0.3, -0.25) is 4.79 Å². The van der Waals surface area contributed by atoms with Crippen LogP contribution in [0, 0.1) is 6.92 Å². The Morgan fingerprint density at radius 2 is 1.82 bits per heavy atom. The summed E-state index contributed by atoms with van der Waals surface area (Å²) in [5.41, 5.74) is 14.2. The lowest BCUT2D eigenvalue weighted by atomic mass is 9.98. The van der Waals surface area contributed by atoms with Crippen molar-refractivity contribution in [3.8, 4) is 16.8 Å². The number of benzene rings is 3. The molecule has 6 rings (SSSR count). The summed E-state index contributed by atoms with van der Waals surface area (Å²) in [4.78, 5) is 15.7. The van der Waals surface area contributed by atoms with Gasteiger partial charge in [-0.1, -0.05) is 55.4 Å². The van der Waals surface area contributed by atoms with Gasteiger partial charge in [-0.05, 0) is 60.4 Å². The molecule has 8 nitrogen and oxygen atoms in total. The van der Waals surface area contributed by atoms with E-state index in [1.165, 1.54) is 11.1 Å². The number of amides is 1. The lowest BCUT2D eigenvalue weighted by Crippen LogP contribution is -2.38. The summed E-state index contributed by atoms with van der Waals surface area (Å²) >= 11 is 0. The second-order valence-corrected chi connectivity index (χ2v) is 10.0. The molecule has 0 saturated carbocycles. The highest BCUT2D eigenvalue weighted by atomic mass is 16.5. The molecule has 5 aromatic rings. The number of carbonyl (C=O) groups excluding carboxylic acids is 1. The van der Waals surface area contributed by atoms with E-state index in [4.69, 9.17) is 15.4 Å². The van der Waals surface area contributed by atoms with Gasteiger partial charge in [0.2, 0.25) is 0 Å². The van der Waals surface area contributed by atoms with Crippen LogP contribution in [0.3, 0.4) is 0 Å². The van der Waals surface area contributed by atoms with Gasteiger partial charge in [-0.25, -0.2) is 4.68 Å². The zero-order chi connectivity index (χ0) is 26.4. The normalized spacial score (nSPS) is 13.5. The Balaban J connectivity index is 1.32. The number of hydrogen-bond acceptors (Lipinski definition) is 6. The SMILES string of the molecule is Cc1nn(-c2ccc3onc(N)c3c2)c2c1CCN(c1ccc(-c3ccccc3CNC(C)C)cc1)C2=O. The Morgan fingerprint density at radius 3 is 2.61 bits per heavy atom. The summed E-state index contributed by atoms with van der Waals surface area (Å²) in [7, 11) is 0. The van der Waals surface area contributed by atoms with Gasteiger partial charge in [0, 0.05) is 30.4 Å². The minimum atomic E-state index is -0.0699. The van der Waals surface area contributed by atoms with Gasteiger partial charge in [0.05, 0.1) is 16.8 Å². The largest absolute Gasteiger partial charge is 0.380 e. The number of nitrogen functional groups attached to an aromatic ring is 1. The van der Waals surface area contributed by atoms with Crippen molar-refractivity contribution in [2.24, 2.45) is 0 Å². The van der Waals surface area contributed by atoms with E-state index in [9.17, 15) is 4.79 Å². The van der Waals surface area contributed by atoms with Crippen molar-refractivity contribution in [2.45, 2.75) is 39.8 Å². The number of anilines is 2.